The first-order chi connectivity index (χ1) is 7.72. The Labute approximate surface area is 95.6 Å². The number of benzene rings is 1. The first-order valence-corrected chi connectivity index (χ1v) is 5.63. The molecule has 0 spiro atoms. The number of carbonyl (C=O) groups excluding carboxylic acids is 1. The number of nitrogens with two attached hydrogens (primary N) is 1. The molecule has 1 aliphatic rings. The summed E-state index contributed by atoms with van der Waals surface area (Å²) in [7, 11) is 1.66. The van der Waals surface area contributed by atoms with Crippen LogP contribution in [-0.4, -0.2) is 13.0 Å². The van der Waals surface area contributed by atoms with E-state index in [1.807, 2.05) is 24.3 Å². The molecule has 0 radical (unpaired) electrons. The molecule has 2 rings (SSSR count). The Morgan fingerprint density at radius 2 is 2.19 bits per heavy atom. The number of primary amides is 1. The maximum absolute atomic E-state index is 11.1. The Hall–Kier alpha value is -1.51. The van der Waals surface area contributed by atoms with Crippen molar-refractivity contribution in [3.05, 3.63) is 29.8 Å². The summed E-state index contributed by atoms with van der Waals surface area (Å²) in [6.45, 7) is 0. The van der Waals surface area contributed by atoms with Crippen LogP contribution in [0.2, 0.25) is 0 Å². The zero-order valence-electron chi connectivity index (χ0n) is 9.48. The molecule has 0 aliphatic heterocycles. The first kappa shape index (κ1) is 11.0. The fourth-order valence-electron chi connectivity index (χ4n) is 2.22. The molecule has 0 aromatic heterocycles. The lowest BCUT2D eigenvalue weighted by Gasteiger charge is -2.17. The molecule has 1 fully saturated rings. The van der Waals surface area contributed by atoms with Gasteiger partial charge in [-0.2, -0.15) is 0 Å². The molecule has 2 N–H and O–H groups in total. The third-order valence-electron chi connectivity index (χ3n) is 3.15. The Morgan fingerprint density at radius 3 is 2.75 bits per heavy atom. The van der Waals surface area contributed by atoms with Crippen molar-refractivity contribution in [1.29, 1.82) is 0 Å². The second kappa shape index (κ2) is 4.56. The molecule has 1 aromatic rings. The van der Waals surface area contributed by atoms with Crippen molar-refractivity contribution in [3.63, 3.8) is 0 Å². The van der Waals surface area contributed by atoms with Gasteiger partial charge in [-0.25, -0.2) is 0 Å². The van der Waals surface area contributed by atoms with Crippen molar-refractivity contribution in [3.8, 4) is 5.75 Å². The summed E-state index contributed by atoms with van der Waals surface area (Å²) in [6.07, 6.45) is 2.80. The van der Waals surface area contributed by atoms with Gasteiger partial charge in [0.25, 0.3) is 0 Å². The van der Waals surface area contributed by atoms with Crippen LogP contribution in [0.5, 0.6) is 5.75 Å². The molecule has 1 amide bonds. The zero-order valence-corrected chi connectivity index (χ0v) is 9.48. The molecule has 0 bridgehead atoms. The van der Waals surface area contributed by atoms with Crippen LogP contribution in [0.3, 0.4) is 0 Å². The number of amides is 1. The van der Waals surface area contributed by atoms with Crippen molar-refractivity contribution >= 4 is 5.91 Å². The van der Waals surface area contributed by atoms with Crippen LogP contribution >= 0.6 is 0 Å². The van der Waals surface area contributed by atoms with Crippen LogP contribution in [-0.2, 0) is 4.79 Å². The second-order valence-electron chi connectivity index (χ2n) is 4.36. The monoisotopic (exact) mass is 219 g/mol. The van der Waals surface area contributed by atoms with Gasteiger partial charge in [0.2, 0.25) is 5.91 Å². The number of rotatable bonds is 5. The SMILES string of the molecule is COc1ccccc1C(CC(N)=O)C1CC1. The minimum Gasteiger partial charge on any atom is -0.496 e. The minimum atomic E-state index is -0.234. The number of carbonyl (C=O) groups is 1. The predicted octanol–water partition coefficient (Wildman–Crippen LogP) is 2.06. The van der Waals surface area contributed by atoms with Gasteiger partial charge in [0.05, 0.1) is 7.11 Å². The Kier molecular flexibility index (Phi) is 3.13. The molecule has 3 heteroatoms. The molecule has 3 nitrogen and oxygen atoms in total. The van der Waals surface area contributed by atoms with Crippen molar-refractivity contribution in [2.24, 2.45) is 11.7 Å². The van der Waals surface area contributed by atoms with E-state index in [0.29, 0.717) is 12.3 Å². The molecule has 1 aromatic carbocycles. The summed E-state index contributed by atoms with van der Waals surface area (Å²) < 4.78 is 5.33. The van der Waals surface area contributed by atoms with Gasteiger partial charge in [0, 0.05) is 6.42 Å². The summed E-state index contributed by atoms with van der Waals surface area (Å²) in [5, 5.41) is 0. The number of hydrogen-bond acceptors (Lipinski definition) is 2. The van der Waals surface area contributed by atoms with E-state index in [2.05, 4.69) is 0 Å². The van der Waals surface area contributed by atoms with Gasteiger partial charge in [-0.1, -0.05) is 18.2 Å². The smallest absolute Gasteiger partial charge is 0.218 e. The van der Waals surface area contributed by atoms with E-state index in [0.717, 1.165) is 11.3 Å². The summed E-state index contributed by atoms with van der Waals surface area (Å²) in [5.41, 5.74) is 6.42. The molecule has 86 valence electrons. The fourth-order valence-corrected chi connectivity index (χ4v) is 2.22. The van der Waals surface area contributed by atoms with E-state index in [1.54, 1.807) is 7.11 Å². The normalized spacial score (nSPS) is 16.8. The van der Waals surface area contributed by atoms with Crippen LogP contribution < -0.4 is 10.5 Å². The molecule has 1 unspecified atom stereocenters. The van der Waals surface area contributed by atoms with E-state index in [4.69, 9.17) is 10.5 Å². The molecule has 16 heavy (non-hydrogen) atoms. The molecule has 0 saturated heterocycles. The molecule has 0 heterocycles. The van der Waals surface area contributed by atoms with Gasteiger partial charge in [0.1, 0.15) is 5.75 Å². The van der Waals surface area contributed by atoms with Gasteiger partial charge in [-0.15, -0.1) is 0 Å². The van der Waals surface area contributed by atoms with Crippen LogP contribution in [0, 0.1) is 5.92 Å². The Morgan fingerprint density at radius 1 is 1.50 bits per heavy atom. The lowest BCUT2D eigenvalue weighted by molar-refractivity contribution is -0.118. The average molecular weight is 219 g/mol. The third-order valence-corrected chi connectivity index (χ3v) is 3.15. The first-order valence-electron chi connectivity index (χ1n) is 5.63. The lowest BCUT2D eigenvalue weighted by atomic mass is 9.90. The molecular formula is C13H17NO2. The van der Waals surface area contributed by atoms with Gasteiger partial charge < -0.3 is 10.5 Å². The summed E-state index contributed by atoms with van der Waals surface area (Å²) in [4.78, 5) is 11.1. The van der Waals surface area contributed by atoms with Crippen molar-refractivity contribution in [1.82, 2.24) is 0 Å². The van der Waals surface area contributed by atoms with Gasteiger partial charge >= 0.3 is 0 Å². The maximum Gasteiger partial charge on any atom is 0.218 e. The van der Waals surface area contributed by atoms with Crippen molar-refractivity contribution in [2.75, 3.05) is 7.11 Å². The summed E-state index contributed by atoms with van der Waals surface area (Å²) in [6, 6.07) is 7.89. The molecule has 1 aliphatic carbocycles. The van der Waals surface area contributed by atoms with Crippen molar-refractivity contribution in [2.45, 2.75) is 25.2 Å². The highest BCUT2D eigenvalue weighted by molar-refractivity contribution is 5.75. The third kappa shape index (κ3) is 2.35. The van der Waals surface area contributed by atoms with Crippen LogP contribution in [0.15, 0.2) is 24.3 Å². The summed E-state index contributed by atoms with van der Waals surface area (Å²) >= 11 is 0. The lowest BCUT2D eigenvalue weighted by Crippen LogP contribution is -2.17. The zero-order chi connectivity index (χ0) is 11.5. The predicted molar refractivity (Wildman–Crippen MR) is 62.3 cm³/mol. The molecular weight excluding hydrogens is 202 g/mol. The second-order valence-corrected chi connectivity index (χ2v) is 4.36. The number of methoxy groups -OCH3 is 1. The molecule has 1 atom stereocenters. The Balaban J connectivity index is 2.26. The topological polar surface area (TPSA) is 52.3 Å². The largest absolute Gasteiger partial charge is 0.496 e. The van der Waals surface area contributed by atoms with E-state index >= 15 is 0 Å². The van der Waals surface area contributed by atoms with Crippen LogP contribution in [0.4, 0.5) is 0 Å². The van der Waals surface area contributed by atoms with E-state index in [1.165, 1.54) is 12.8 Å². The number of para-hydroxylation sites is 1. The number of hydrogen-bond donors (Lipinski definition) is 1. The minimum absolute atomic E-state index is 0.230. The maximum atomic E-state index is 11.1. The average Bonchev–Trinajstić information content (AvgIpc) is 3.09. The standard InChI is InChI=1S/C13H17NO2/c1-16-12-5-3-2-4-10(12)11(8-13(14)15)9-6-7-9/h2-5,9,11H,6-8H2,1H3,(H2,14,15). The van der Waals surface area contributed by atoms with Gasteiger partial charge in [-0.05, 0) is 36.3 Å². The van der Waals surface area contributed by atoms with Gasteiger partial charge in [0.15, 0.2) is 0 Å². The number of ether oxygens (including phenoxy) is 1. The van der Waals surface area contributed by atoms with E-state index in [9.17, 15) is 4.79 Å². The van der Waals surface area contributed by atoms with Crippen molar-refractivity contribution < 1.29 is 9.53 Å². The Bertz CT molecular complexity index is 385. The van der Waals surface area contributed by atoms with E-state index in [-0.39, 0.29) is 11.8 Å². The summed E-state index contributed by atoms with van der Waals surface area (Å²) in [5.74, 6) is 1.46. The van der Waals surface area contributed by atoms with Gasteiger partial charge in [-0.3, -0.25) is 4.79 Å². The van der Waals surface area contributed by atoms with Crippen LogP contribution in [0.1, 0.15) is 30.7 Å². The highest BCUT2D eigenvalue weighted by atomic mass is 16.5. The highest BCUT2D eigenvalue weighted by Crippen LogP contribution is 2.46. The van der Waals surface area contributed by atoms with Crippen LogP contribution in [0.25, 0.3) is 0 Å². The molecule has 1 saturated carbocycles. The quantitative estimate of drug-likeness (QED) is 0.824. The van der Waals surface area contributed by atoms with E-state index < -0.39 is 0 Å². The highest BCUT2D eigenvalue weighted by Gasteiger charge is 2.34. The fraction of sp³-hybridized carbons (Fsp3) is 0.462.